The second-order valence-corrected chi connectivity index (χ2v) is 4.51. The Labute approximate surface area is 117 Å². The molecule has 0 aliphatic rings. The first-order chi connectivity index (χ1) is 9.54. The van der Waals surface area contributed by atoms with E-state index >= 15 is 0 Å². The summed E-state index contributed by atoms with van der Waals surface area (Å²) >= 11 is 0. The third kappa shape index (κ3) is 3.82. The highest BCUT2D eigenvalue weighted by Gasteiger charge is 2.00. The number of rotatable bonds is 4. The monoisotopic (exact) mass is 274 g/mol. The lowest BCUT2D eigenvalue weighted by Gasteiger charge is -2.13. The van der Waals surface area contributed by atoms with Crippen LogP contribution in [0.15, 0.2) is 59.9 Å². The van der Waals surface area contributed by atoms with Crippen molar-refractivity contribution in [2.75, 3.05) is 10.6 Å². The molecular weight excluding hydrogens is 258 g/mol. The number of halogens is 2. The van der Waals surface area contributed by atoms with Crippen LogP contribution in [0.1, 0.15) is 13.8 Å². The Morgan fingerprint density at radius 3 is 1.25 bits per heavy atom. The fourth-order valence-corrected chi connectivity index (χ4v) is 1.69. The van der Waals surface area contributed by atoms with Crippen molar-refractivity contribution in [3.63, 3.8) is 0 Å². The van der Waals surface area contributed by atoms with E-state index in [1.807, 2.05) is 13.8 Å². The maximum absolute atomic E-state index is 12.8. The van der Waals surface area contributed by atoms with Crippen LogP contribution in [0, 0.1) is 11.6 Å². The van der Waals surface area contributed by atoms with Crippen molar-refractivity contribution >= 4 is 11.4 Å². The van der Waals surface area contributed by atoms with Gasteiger partial charge < -0.3 is 10.6 Å². The van der Waals surface area contributed by atoms with Crippen LogP contribution in [0.25, 0.3) is 0 Å². The third-order valence-electron chi connectivity index (χ3n) is 2.91. The molecule has 0 fully saturated rings. The predicted octanol–water partition coefficient (Wildman–Crippen LogP) is 4.74. The maximum atomic E-state index is 12.8. The van der Waals surface area contributed by atoms with Crippen molar-refractivity contribution in [3.05, 3.63) is 71.6 Å². The molecular formula is C16H16F2N2. The molecule has 2 aromatic carbocycles. The van der Waals surface area contributed by atoms with Crippen molar-refractivity contribution in [2.24, 2.45) is 0 Å². The maximum Gasteiger partial charge on any atom is 0.123 e. The quantitative estimate of drug-likeness (QED) is 0.841. The van der Waals surface area contributed by atoms with Gasteiger partial charge in [0, 0.05) is 22.8 Å². The third-order valence-corrected chi connectivity index (χ3v) is 2.91. The molecule has 0 atom stereocenters. The second-order valence-electron chi connectivity index (χ2n) is 4.51. The minimum atomic E-state index is -0.265. The SMILES string of the molecule is C/C(Nc1ccc(F)cc1)=C(\C)Nc1ccc(F)cc1. The summed E-state index contributed by atoms with van der Waals surface area (Å²) in [4.78, 5) is 0. The van der Waals surface area contributed by atoms with Gasteiger partial charge in [-0.1, -0.05) is 0 Å². The first-order valence-corrected chi connectivity index (χ1v) is 6.27. The zero-order valence-corrected chi connectivity index (χ0v) is 11.4. The average molecular weight is 274 g/mol. The Balaban J connectivity index is 2.06. The fourth-order valence-electron chi connectivity index (χ4n) is 1.69. The van der Waals surface area contributed by atoms with Gasteiger partial charge in [-0.3, -0.25) is 0 Å². The molecule has 0 aromatic heterocycles. The molecule has 0 saturated heterocycles. The Bertz CT molecular complexity index is 546. The average Bonchev–Trinajstić information content (AvgIpc) is 2.44. The standard InChI is InChI=1S/C16H16F2N2/c1-11(19-15-7-3-13(17)4-8-15)12(2)20-16-9-5-14(18)6-10-16/h3-10,19-20H,1-2H3/b12-11-. The molecule has 0 heterocycles. The van der Waals surface area contributed by atoms with E-state index in [0.29, 0.717) is 0 Å². The zero-order chi connectivity index (χ0) is 14.5. The van der Waals surface area contributed by atoms with Crippen LogP contribution in [0.4, 0.5) is 20.2 Å². The summed E-state index contributed by atoms with van der Waals surface area (Å²) in [5.74, 6) is -0.531. The molecule has 0 aliphatic heterocycles. The van der Waals surface area contributed by atoms with E-state index in [1.54, 1.807) is 24.3 Å². The highest BCUT2D eigenvalue weighted by Crippen LogP contribution is 2.16. The molecule has 0 amide bonds. The van der Waals surface area contributed by atoms with E-state index in [9.17, 15) is 8.78 Å². The molecule has 2 N–H and O–H groups in total. The summed E-state index contributed by atoms with van der Waals surface area (Å²) in [6.45, 7) is 3.82. The molecule has 4 heteroatoms. The van der Waals surface area contributed by atoms with Crippen LogP contribution in [0.5, 0.6) is 0 Å². The first-order valence-electron chi connectivity index (χ1n) is 6.27. The summed E-state index contributed by atoms with van der Waals surface area (Å²) in [6, 6.07) is 12.3. The lowest BCUT2D eigenvalue weighted by molar-refractivity contribution is 0.627. The number of hydrogen-bond acceptors (Lipinski definition) is 2. The van der Waals surface area contributed by atoms with Gasteiger partial charge in [-0.25, -0.2) is 8.78 Å². The number of benzene rings is 2. The van der Waals surface area contributed by atoms with Crippen LogP contribution in [0.3, 0.4) is 0 Å². The van der Waals surface area contributed by atoms with E-state index in [4.69, 9.17) is 0 Å². The summed E-state index contributed by atoms with van der Waals surface area (Å²) in [5.41, 5.74) is 3.43. The Morgan fingerprint density at radius 1 is 0.650 bits per heavy atom. The molecule has 2 aromatic rings. The van der Waals surface area contributed by atoms with Crippen LogP contribution in [0.2, 0.25) is 0 Å². The van der Waals surface area contributed by atoms with E-state index in [-0.39, 0.29) is 11.6 Å². The molecule has 0 saturated carbocycles. The Hall–Kier alpha value is -2.36. The smallest absolute Gasteiger partial charge is 0.123 e. The van der Waals surface area contributed by atoms with Crippen LogP contribution < -0.4 is 10.6 Å². The van der Waals surface area contributed by atoms with Gasteiger partial charge in [-0.2, -0.15) is 0 Å². The molecule has 0 spiro atoms. The molecule has 104 valence electrons. The summed E-state index contributed by atoms with van der Waals surface area (Å²) in [5, 5.41) is 6.35. The van der Waals surface area contributed by atoms with E-state index in [2.05, 4.69) is 10.6 Å². The number of hydrogen-bond donors (Lipinski definition) is 2. The fraction of sp³-hybridized carbons (Fsp3) is 0.125. The van der Waals surface area contributed by atoms with Crippen molar-refractivity contribution in [1.82, 2.24) is 0 Å². The molecule has 0 radical (unpaired) electrons. The van der Waals surface area contributed by atoms with Gasteiger partial charge in [-0.05, 0) is 62.4 Å². The number of anilines is 2. The van der Waals surface area contributed by atoms with Gasteiger partial charge in [-0.15, -0.1) is 0 Å². The lowest BCUT2D eigenvalue weighted by Crippen LogP contribution is -2.05. The van der Waals surface area contributed by atoms with Crippen LogP contribution in [-0.4, -0.2) is 0 Å². The number of nitrogens with one attached hydrogen (secondary N) is 2. The van der Waals surface area contributed by atoms with Crippen molar-refractivity contribution in [2.45, 2.75) is 13.8 Å². The van der Waals surface area contributed by atoms with E-state index in [1.165, 1.54) is 24.3 Å². The molecule has 0 unspecified atom stereocenters. The van der Waals surface area contributed by atoms with Gasteiger partial charge >= 0.3 is 0 Å². The first kappa shape index (κ1) is 14.1. The minimum absolute atomic E-state index is 0.265. The van der Waals surface area contributed by atoms with Crippen molar-refractivity contribution < 1.29 is 8.78 Å². The molecule has 20 heavy (non-hydrogen) atoms. The van der Waals surface area contributed by atoms with Gasteiger partial charge in [0.05, 0.1) is 0 Å². The molecule has 2 rings (SSSR count). The molecule has 0 aliphatic carbocycles. The minimum Gasteiger partial charge on any atom is -0.358 e. The van der Waals surface area contributed by atoms with E-state index in [0.717, 1.165) is 22.8 Å². The van der Waals surface area contributed by atoms with Crippen molar-refractivity contribution in [3.8, 4) is 0 Å². The highest BCUT2D eigenvalue weighted by molar-refractivity contribution is 5.53. The molecule has 0 bridgehead atoms. The van der Waals surface area contributed by atoms with Crippen LogP contribution >= 0.6 is 0 Å². The summed E-state index contributed by atoms with van der Waals surface area (Å²) in [6.07, 6.45) is 0. The summed E-state index contributed by atoms with van der Waals surface area (Å²) < 4.78 is 25.6. The normalized spacial score (nSPS) is 11.8. The zero-order valence-electron chi connectivity index (χ0n) is 11.4. The predicted molar refractivity (Wildman–Crippen MR) is 78.4 cm³/mol. The lowest BCUT2D eigenvalue weighted by atomic mass is 10.2. The van der Waals surface area contributed by atoms with E-state index < -0.39 is 0 Å². The Kier molecular flexibility index (Phi) is 4.35. The topological polar surface area (TPSA) is 24.1 Å². The van der Waals surface area contributed by atoms with Gasteiger partial charge in [0.15, 0.2) is 0 Å². The van der Waals surface area contributed by atoms with Gasteiger partial charge in [0.25, 0.3) is 0 Å². The molecule has 2 nitrogen and oxygen atoms in total. The van der Waals surface area contributed by atoms with Crippen LogP contribution in [-0.2, 0) is 0 Å². The number of allylic oxidation sites excluding steroid dienone is 2. The highest BCUT2D eigenvalue weighted by atomic mass is 19.1. The largest absolute Gasteiger partial charge is 0.358 e. The van der Waals surface area contributed by atoms with Gasteiger partial charge in [0.2, 0.25) is 0 Å². The van der Waals surface area contributed by atoms with Gasteiger partial charge in [0.1, 0.15) is 11.6 Å². The second kappa shape index (κ2) is 6.19. The summed E-state index contributed by atoms with van der Waals surface area (Å²) in [7, 11) is 0. The van der Waals surface area contributed by atoms with Crippen molar-refractivity contribution in [1.29, 1.82) is 0 Å². The Morgan fingerprint density at radius 2 is 0.950 bits per heavy atom.